The standard InChI is InChI=1S/C21H25F3N4O3/c22-20(13-3-4-13)9-27(10-20)15-6-5-14(26-18(15)31-8-12-1-2-12)19(30)28-11-21(23,24)7-16(28)17(25)29/h5-6,12-13,16H,1-4,7-11H2,(H2,25,29)/t16-/m0/s1. The first-order valence-electron chi connectivity index (χ1n) is 10.7. The van der Waals surface area contributed by atoms with Crippen LogP contribution in [0.15, 0.2) is 12.1 Å². The van der Waals surface area contributed by atoms with Gasteiger partial charge in [0.25, 0.3) is 11.8 Å². The van der Waals surface area contributed by atoms with Crippen molar-refractivity contribution in [2.75, 3.05) is 31.1 Å². The van der Waals surface area contributed by atoms with Crippen LogP contribution in [0.2, 0.25) is 0 Å². The number of primary amides is 1. The molecule has 168 valence electrons. The lowest BCUT2D eigenvalue weighted by molar-refractivity contribution is -0.121. The lowest BCUT2D eigenvalue weighted by atomic mass is 9.90. The van der Waals surface area contributed by atoms with Crippen molar-refractivity contribution in [3.05, 3.63) is 17.8 Å². The Hall–Kier alpha value is -2.52. The first kappa shape index (κ1) is 20.4. The Morgan fingerprint density at radius 1 is 1.13 bits per heavy atom. The summed E-state index contributed by atoms with van der Waals surface area (Å²) in [6.07, 6.45) is 3.11. The topological polar surface area (TPSA) is 88.8 Å². The van der Waals surface area contributed by atoms with Crippen LogP contribution in [-0.2, 0) is 4.79 Å². The third-order valence-corrected chi connectivity index (χ3v) is 6.63. The maximum absolute atomic E-state index is 14.8. The molecule has 0 bridgehead atoms. The van der Waals surface area contributed by atoms with Crippen LogP contribution in [-0.4, -0.2) is 65.6 Å². The van der Waals surface area contributed by atoms with Crippen LogP contribution in [0.4, 0.5) is 18.9 Å². The van der Waals surface area contributed by atoms with Crippen molar-refractivity contribution in [2.24, 2.45) is 17.6 Å². The van der Waals surface area contributed by atoms with E-state index in [4.69, 9.17) is 10.5 Å². The van der Waals surface area contributed by atoms with Gasteiger partial charge in [0.1, 0.15) is 23.1 Å². The molecule has 2 amide bonds. The largest absolute Gasteiger partial charge is 0.476 e. The molecule has 1 aromatic rings. The Labute approximate surface area is 177 Å². The number of pyridine rings is 1. The Kier molecular flexibility index (Phi) is 4.60. The molecular formula is C21H25F3N4O3. The summed E-state index contributed by atoms with van der Waals surface area (Å²) >= 11 is 0. The van der Waals surface area contributed by atoms with Gasteiger partial charge >= 0.3 is 0 Å². The van der Waals surface area contributed by atoms with E-state index in [-0.39, 0.29) is 30.6 Å². The maximum atomic E-state index is 14.8. The molecule has 5 rings (SSSR count). The van der Waals surface area contributed by atoms with Crippen LogP contribution in [0.5, 0.6) is 5.88 Å². The summed E-state index contributed by atoms with van der Waals surface area (Å²) in [6.45, 7) is 0.0304. The average molecular weight is 438 g/mol. The number of rotatable bonds is 7. The number of carbonyl (C=O) groups is 2. The minimum atomic E-state index is -3.19. The first-order valence-corrected chi connectivity index (χ1v) is 10.7. The summed E-state index contributed by atoms with van der Waals surface area (Å²) in [5.74, 6) is -4.25. The van der Waals surface area contributed by atoms with Crippen molar-refractivity contribution in [3.8, 4) is 5.88 Å². The minimum Gasteiger partial charge on any atom is -0.476 e. The molecule has 1 atom stereocenters. The summed E-state index contributed by atoms with van der Waals surface area (Å²) in [7, 11) is 0. The number of hydrogen-bond acceptors (Lipinski definition) is 5. The zero-order chi connectivity index (χ0) is 22.0. The van der Waals surface area contributed by atoms with Crippen molar-refractivity contribution >= 4 is 17.5 Å². The van der Waals surface area contributed by atoms with E-state index in [1.54, 1.807) is 6.07 Å². The van der Waals surface area contributed by atoms with Gasteiger partial charge in [0.15, 0.2) is 0 Å². The maximum Gasteiger partial charge on any atom is 0.273 e. The van der Waals surface area contributed by atoms with Gasteiger partial charge < -0.3 is 20.3 Å². The molecule has 4 aliphatic rings. The number of aromatic nitrogens is 1. The predicted octanol–water partition coefficient (Wildman–Crippen LogP) is 2.14. The van der Waals surface area contributed by atoms with Gasteiger partial charge in [-0.2, -0.15) is 0 Å². The fourth-order valence-electron chi connectivity index (χ4n) is 4.43. The summed E-state index contributed by atoms with van der Waals surface area (Å²) < 4.78 is 48.4. The van der Waals surface area contributed by atoms with Gasteiger partial charge in [-0.05, 0) is 49.7 Å². The molecule has 31 heavy (non-hydrogen) atoms. The Bertz CT molecular complexity index is 913. The second-order valence-corrected chi connectivity index (χ2v) is 9.35. The van der Waals surface area contributed by atoms with Gasteiger partial charge in [-0.25, -0.2) is 18.2 Å². The smallest absolute Gasteiger partial charge is 0.273 e. The van der Waals surface area contributed by atoms with Gasteiger partial charge in [0.05, 0.1) is 26.2 Å². The van der Waals surface area contributed by atoms with E-state index >= 15 is 0 Å². The third kappa shape index (κ3) is 3.92. The number of carbonyl (C=O) groups excluding carboxylic acids is 2. The Morgan fingerprint density at radius 2 is 1.84 bits per heavy atom. The second-order valence-electron chi connectivity index (χ2n) is 9.35. The number of ether oxygens (including phenoxy) is 1. The fraction of sp³-hybridized carbons (Fsp3) is 0.667. The fourth-order valence-corrected chi connectivity index (χ4v) is 4.43. The quantitative estimate of drug-likeness (QED) is 0.705. The molecule has 0 unspecified atom stereocenters. The number of likely N-dealkylation sites (tertiary alicyclic amines) is 1. The van der Waals surface area contributed by atoms with E-state index in [0.29, 0.717) is 18.2 Å². The number of nitrogens with zero attached hydrogens (tertiary/aromatic N) is 3. The van der Waals surface area contributed by atoms with Crippen molar-refractivity contribution in [1.29, 1.82) is 0 Å². The van der Waals surface area contributed by atoms with E-state index in [1.807, 2.05) is 4.90 Å². The van der Waals surface area contributed by atoms with E-state index in [9.17, 15) is 22.8 Å². The first-order chi connectivity index (χ1) is 14.7. The molecule has 2 saturated carbocycles. The van der Waals surface area contributed by atoms with Crippen LogP contribution in [0, 0.1) is 11.8 Å². The monoisotopic (exact) mass is 438 g/mol. The highest BCUT2D eigenvalue weighted by molar-refractivity contribution is 5.97. The van der Waals surface area contributed by atoms with Crippen LogP contribution < -0.4 is 15.4 Å². The molecule has 0 aromatic carbocycles. The molecule has 2 N–H and O–H groups in total. The van der Waals surface area contributed by atoms with Crippen LogP contribution in [0.3, 0.4) is 0 Å². The molecule has 1 aromatic heterocycles. The number of alkyl halides is 3. The predicted molar refractivity (Wildman–Crippen MR) is 105 cm³/mol. The number of halogens is 3. The van der Waals surface area contributed by atoms with Crippen molar-refractivity contribution in [3.63, 3.8) is 0 Å². The third-order valence-electron chi connectivity index (χ3n) is 6.63. The Balaban J connectivity index is 1.38. The summed E-state index contributed by atoms with van der Waals surface area (Å²) in [5, 5.41) is 0. The summed E-state index contributed by atoms with van der Waals surface area (Å²) in [6, 6.07) is 1.63. The molecular weight excluding hydrogens is 413 g/mol. The van der Waals surface area contributed by atoms with E-state index < -0.39 is 42.4 Å². The van der Waals surface area contributed by atoms with Crippen LogP contribution >= 0.6 is 0 Å². The van der Waals surface area contributed by atoms with Gasteiger partial charge in [-0.3, -0.25) is 9.59 Å². The van der Waals surface area contributed by atoms with Crippen LogP contribution in [0.1, 0.15) is 42.6 Å². The number of nitrogens with two attached hydrogens (primary N) is 1. The van der Waals surface area contributed by atoms with Gasteiger partial charge in [0.2, 0.25) is 11.8 Å². The average Bonchev–Trinajstić information content (AvgIpc) is 3.60. The molecule has 2 aliphatic carbocycles. The van der Waals surface area contributed by atoms with Gasteiger partial charge in [-0.1, -0.05) is 0 Å². The van der Waals surface area contributed by atoms with E-state index in [1.165, 1.54) is 6.07 Å². The second kappa shape index (κ2) is 7.00. The van der Waals surface area contributed by atoms with E-state index in [0.717, 1.165) is 30.6 Å². The molecule has 0 spiro atoms. The number of hydrogen-bond donors (Lipinski definition) is 1. The normalized spacial score (nSPS) is 26.5. The molecule has 3 heterocycles. The van der Waals surface area contributed by atoms with Crippen molar-refractivity contribution in [2.45, 2.75) is 49.7 Å². The Morgan fingerprint density at radius 3 is 2.45 bits per heavy atom. The zero-order valence-corrected chi connectivity index (χ0v) is 17.0. The lowest BCUT2D eigenvalue weighted by Gasteiger charge is -2.46. The van der Waals surface area contributed by atoms with Crippen molar-refractivity contribution in [1.82, 2.24) is 9.88 Å². The molecule has 2 saturated heterocycles. The molecule has 7 nitrogen and oxygen atoms in total. The number of anilines is 1. The highest BCUT2D eigenvalue weighted by Gasteiger charge is 2.55. The minimum absolute atomic E-state index is 0.104. The van der Waals surface area contributed by atoms with Gasteiger partial charge in [0, 0.05) is 6.42 Å². The van der Waals surface area contributed by atoms with Crippen LogP contribution in [0.25, 0.3) is 0 Å². The summed E-state index contributed by atoms with van der Waals surface area (Å²) in [5.41, 5.74) is 4.52. The highest BCUT2D eigenvalue weighted by Crippen LogP contribution is 2.49. The molecule has 2 aliphatic heterocycles. The summed E-state index contributed by atoms with van der Waals surface area (Å²) in [4.78, 5) is 31.4. The molecule has 4 fully saturated rings. The SMILES string of the molecule is NC(=O)[C@@H]1CC(F)(F)CN1C(=O)c1ccc(N2CC(F)(C3CC3)C2)c(OCC2CC2)n1. The van der Waals surface area contributed by atoms with E-state index in [2.05, 4.69) is 4.98 Å². The molecule has 0 radical (unpaired) electrons. The zero-order valence-electron chi connectivity index (χ0n) is 17.0. The van der Waals surface area contributed by atoms with Crippen molar-refractivity contribution < 1.29 is 27.5 Å². The highest BCUT2D eigenvalue weighted by atomic mass is 19.3. The van der Waals surface area contributed by atoms with Gasteiger partial charge in [-0.15, -0.1) is 0 Å². The lowest BCUT2D eigenvalue weighted by Crippen LogP contribution is -2.60. The number of amides is 2. The molecule has 10 heteroatoms.